The van der Waals surface area contributed by atoms with Gasteiger partial charge in [-0.2, -0.15) is 13.2 Å². The summed E-state index contributed by atoms with van der Waals surface area (Å²) >= 11 is 0. The quantitative estimate of drug-likeness (QED) is 0.605. The first-order chi connectivity index (χ1) is 15.3. The molecule has 1 saturated heterocycles. The molecule has 33 heavy (non-hydrogen) atoms. The van der Waals surface area contributed by atoms with E-state index in [2.05, 4.69) is 15.6 Å². The highest BCUT2D eigenvalue weighted by Crippen LogP contribution is 2.24. The largest absolute Gasteiger partial charge is 0.452 e. The summed E-state index contributed by atoms with van der Waals surface area (Å²) in [4.78, 5) is 55.5. The number of nitrogens with zero attached hydrogens (tertiary/aromatic N) is 2. The van der Waals surface area contributed by atoms with E-state index in [0.717, 1.165) is 0 Å². The van der Waals surface area contributed by atoms with Gasteiger partial charge in [-0.3, -0.25) is 24.2 Å². The maximum absolute atomic E-state index is 13.3. The number of hydrogen-bond donors (Lipinski definition) is 2. The Hall–Kier alpha value is -2.98. The Kier molecular flexibility index (Phi) is 8.57. The molecule has 0 saturated carbocycles. The summed E-state index contributed by atoms with van der Waals surface area (Å²) < 4.78 is 38.8. The Morgan fingerprint density at radius 2 is 1.58 bits per heavy atom. The van der Waals surface area contributed by atoms with E-state index in [1.165, 1.54) is 43.3 Å². The van der Waals surface area contributed by atoms with Crippen LogP contribution in [0.2, 0.25) is 0 Å². The minimum Gasteiger partial charge on any atom is -0.344 e. The van der Waals surface area contributed by atoms with E-state index in [1.54, 1.807) is 13.8 Å². The van der Waals surface area contributed by atoms with Crippen molar-refractivity contribution in [1.82, 2.24) is 20.5 Å². The first-order valence-electron chi connectivity index (χ1n) is 10.8. The van der Waals surface area contributed by atoms with Gasteiger partial charge in [0.05, 0.1) is 6.04 Å². The molecule has 8 nitrogen and oxygen atoms in total. The van der Waals surface area contributed by atoms with Gasteiger partial charge in [0.1, 0.15) is 12.1 Å². The third kappa shape index (κ3) is 6.52. The second-order valence-corrected chi connectivity index (χ2v) is 8.71. The molecule has 3 amide bonds. The van der Waals surface area contributed by atoms with Gasteiger partial charge >= 0.3 is 6.18 Å². The number of likely N-dealkylation sites (tertiary alicyclic amines) is 1. The number of alkyl halides is 3. The van der Waals surface area contributed by atoms with E-state index in [9.17, 15) is 32.3 Å². The molecule has 2 rings (SSSR count). The molecule has 1 aliphatic heterocycles. The van der Waals surface area contributed by atoms with Crippen LogP contribution in [0.25, 0.3) is 0 Å². The maximum Gasteiger partial charge on any atom is 0.452 e. The van der Waals surface area contributed by atoms with Crippen molar-refractivity contribution in [3.63, 3.8) is 0 Å². The van der Waals surface area contributed by atoms with E-state index in [4.69, 9.17) is 0 Å². The number of nitrogens with one attached hydrogen (secondary N) is 2. The number of aromatic nitrogens is 1. The second kappa shape index (κ2) is 10.8. The van der Waals surface area contributed by atoms with Gasteiger partial charge in [-0.05, 0) is 36.8 Å². The summed E-state index contributed by atoms with van der Waals surface area (Å²) in [5.74, 6) is -4.96. The van der Waals surface area contributed by atoms with Crippen LogP contribution in [0.4, 0.5) is 13.2 Å². The monoisotopic (exact) mass is 470 g/mol. The number of Topliss-reactive ketones (excluding diaryl/α,β-unsaturated/α-hetero) is 1. The van der Waals surface area contributed by atoms with Crippen molar-refractivity contribution in [1.29, 1.82) is 0 Å². The predicted octanol–water partition coefficient (Wildman–Crippen LogP) is 2.10. The molecule has 1 aromatic rings. The number of pyridine rings is 1. The smallest absolute Gasteiger partial charge is 0.344 e. The molecule has 3 atom stereocenters. The average Bonchev–Trinajstić information content (AvgIpc) is 3.24. The molecule has 0 unspecified atom stereocenters. The van der Waals surface area contributed by atoms with Crippen LogP contribution < -0.4 is 10.6 Å². The average molecular weight is 470 g/mol. The van der Waals surface area contributed by atoms with Crippen molar-refractivity contribution in [2.24, 2.45) is 11.8 Å². The SMILES string of the molecule is CC(C)[C@H](NC(=O)c1ccncc1)C(=O)N1CCC[C@H]1C(=O)N[C@H](C(=O)C(F)(F)F)C(C)C. The van der Waals surface area contributed by atoms with Crippen molar-refractivity contribution in [2.45, 2.75) is 64.8 Å². The van der Waals surface area contributed by atoms with Crippen LogP contribution in [0.5, 0.6) is 0 Å². The van der Waals surface area contributed by atoms with E-state index in [1.807, 2.05) is 0 Å². The van der Waals surface area contributed by atoms with Crippen LogP contribution >= 0.6 is 0 Å². The lowest BCUT2D eigenvalue weighted by Crippen LogP contribution is -2.58. The van der Waals surface area contributed by atoms with Gasteiger partial charge in [0.15, 0.2) is 0 Å². The zero-order valence-corrected chi connectivity index (χ0v) is 19.0. The summed E-state index contributed by atoms with van der Waals surface area (Å²) in [5.41, 5.74) is 0.310. The second-order valence-electron chi connectivity index (χ2n) is 8.71. The molecular formula is C22H29F3N4O4. The summed E-state index contributed by atoms with van der Waals surface area (Å²) in [5, 5.41) is 4.86. The standard InChI is InChI=1S/C22H29F3N4O4/c1-12(2)16(18(30)22(23,24)25)27-20(32)15-6-5-11-29(15)21(33)17(13(3)4)28-19(31)14-7-9-26-10-8-14/h7-10,12-13,15-17H,5-6,11H2,1-4H3,(H,27,32)(H,28,31)/t15-,16-,17-/m0/s1. The number of carbonyl (C=O) groups excluding carboxylic acids is 4. The van der Waals surface area contributed by atoms with E-state index >= 15 is 0 Å². The lowest BCUT2D eigenvalue weighted by atomic mass is 9.98. The van der Waals surface area contributed by atoms with E-state index in [0.29, 0.717) is 12.0 Å². The number of ketones is 1. The summed E-state index contributed by atoms with van der Waals surface area (Å²) in [6, 6.07) is -0.738. The molecule has 2 heterocycles. The van der Waals surface area contributed by atoms with Crippen molar-refractivity contribution in [3.8, 4) is 0 Å². The van der Waals surface area contributed by atoms with Gasteiger partial charge < -0.3 is 15.5 Å². The molecule has 11 heteroatoms. The first-order valence-corrected chi connectivity index (χ1v) is 10.8. The third-order valence-corrected chi connectivity index (χ3v) is 5.53. The normalized spacial score (nSPS) is 18.2. The minimum atomic E-state index is -5.09. The zero-order valence-electron chi connectivity index (χ0n) is 19.0. The Morgan fingerprint density at radius 3 is 2.09 bits per heavy atom. The van der Waals surface area contributed by atoms with Crippen LogP contribution in [0.3, 0.4) is 0 Å². The summed E-state index contributed by atoms with van der Waals surface area (Å²) in [6.07, 6.45) is -1.50. The molecule has 0 spiro atoms. The van der Waals surface area contributed by atoms with Crippen LogP contribution in [0.1, 0.15) is 50.9 Å². The highest BCUT2D eigenvalue weighted by Gasteiger charge is 2.46. The predicted molar refractivity (Wildman–Crippen MR) is 113 cm³/mol. The fourth-order valence-corrected chi connectivity index (χ4v) is 3.68. The zero-order chi connectivity index (χ0) is 24.9. The van der Waals surface area contributed by atoms with Gasteiger partial charge in [-0.25, -0.2) is 0 Å². The lowest BCUT2D eigenvalue weighted by molar-refractivity contribution is -0.175. The molecular weight excluding hydrogens is 441 g/mol. The Bertz CT molecular complexity index is 874. The molecule has 1 fully saturated rings. The van der Waals surface area contributed by atoms with Gasteiger partial charge in [0.2, 0.25) is 11.8 Å². The maximum atomic E-state index is 13.3. The highest BCUT2D eigenvalue weighted by molar-refractivity contribution is 5.99. The van der Waals surface area contributed by atoms with Gasteiger partial charge in [-0.1, -0.05) is 27.7 Å². The Morgan fingerprint density at radius 1 is 1.00 bits per heavy atom. The summed E-state index contributed by atoms with van der Waals surface area (Å²) in [7, 11) is 0. The molecule has 0 radical (unpaired) electrons. The molecule has 0 aromatic carbocycles. The van der Waals surface area contributed by atoms with Crippen molar-refractivity contribution in [2.75, 3.05) is 6.54 Å². The molecule has 1 aliphatic rings. The molecule has 2 N–H and O–H groups in total. The first kappa shape index (κ1) is 26.3. The van der Waals surface area contributed by atoms with Crippen LogP contribution in [-0.4, -0.2) is 64.2 Å². The summed E-state index contributed by atoms with van der Waals surface area (Å²) in [6.45, 7) is 6.48. The highest BCUT2D eigenvalue weighted by atomic mass is 19.4. The molecule has 1 aromatic heterocycles. The minimum absolute atomic E-state index is 0.213. The molecule has 182 valence electrons. The Balaban J connectivity index is 2.17. The van der Waals surface area contributed by atoms with Crippen molar-refractivity contribution >= 4 is 23.5 Å². The van der Waals surface area contributed by atoms with Gasteiger partial charge in [0, 0.05) is 24.5 Å². The fourth-order valence-electron chi connectivity index (χ4n) is 3.68. The van der Waals surface area contributed by atoms with Crippen molar-refractivity contribution < 1.29 is 32.3 Å². The van der Waals surface area contributed by atoms with E-state index < -0.39 is 53.7 Å². The number of halogens is 3. The van der Waals surface area contributed by atoms with Crippen LogP contribution in [-0.2, 0) is 14.4 Å². The fraction of sp³-hybridized carbons (Fsp3) is 0.591. The lowest BCUT2D eigenvalue weighted by Gasteiger charge is -2.31. The number of rotatable bonds is 8. The molecule has 0 bridgehead atoms. The number of carbonyl (C=O) groups is 4. The van der Waals surface area contributed by atoms with Crippen LogP contribution in [0.15, 0.2) is 24.5 Å². The number of hydrogen-bond acceptors (Lipinski definition) is 5. The third-order valence-electron chi connectivity index (χ3n) is 5.53. The van der Waals surface area contributed by atoms with Gasteiger partial charge in [-0.15, -0.1) is 0 Å². The van der Waals surface area contributed by atoms with Crippen molar-refractivity contribution in [3.05, 3.63) is 30.1 Å². The molecule has 0 aliphatic carbocycles. The topological polar surface area (TPSA) is 108 Å². The van der Waals surface area contributed by atoms with E-state index in [-0.39, 0.29) is 18.9 Å². The number of amides is 3. The van der Waals surface area contributed by atoms with Gasteiger partial charge in [0.25, 0.3) is 11.7 Å². The van der Waals surface area contributed by atoms with Crippen LogP contribution in [0, 0.1) is 11.8 Å². The Labute approximate surface area is 190 Å².